The molecule has 0 spiro atoms. The van der Waals surface area contributed by atoms with Gasteiger partial charge in [0, 0.05) is 6.42 Å². The maximum atomic E-state index is 14.3. The zero-order chi connectivity index (χ0) is 89.3. The molecule has 8 bridgehead atoms. The third-order valence-corrected chi connectivity index (χ3v) is 34.1. The molecule has 1 unspecified atom stereocenters. The molecule has 33 heteroatoms. The number of nitrogens with two attached hydrogens (primary N) is 1. The second kappa shape index (κ2) is 46.9. The van der Waals surface area contributed by atoms with Crippen LogP contribution in [0.5, 0.6) is 23.0 Å². The molecule has 0 aliphatic carbocycles. The van der Waals surface area contributed by atoms with E-state index in [1.54, 1.807) is 47.0 Å². The largest absolute Gasteiger partial charge is 0.491 e. The molecule has 8 N–H and O–H groups in total. The summed E-state index contributed by atoms with van der Waals surface area (Å²) in [5.74, 6) is 0.498. The Kier molecular flexibility index (Phi) is 42.6. The second-order valence-electron chi connectivity index (χ2n) is 34.6. The Morgan fingerprint density at radius 1 is 0.339 bits per heavy atom. The van der Waals surface area contributed by atoms with Gasteiger partial charge in [0.1, 0.15) is 50.2 Å². The average molecular weight is 1810 g/mol. The summed E-state index contributed by atoms with van der Waals surface area (Å²) in [6.45, 7) is 60.9. The number of carboxylic acid groups (broad SMARTS) is 2. The van der Waals surface area contributed by atoms with Gasteiger partial charge < -0.3 is 92.4 Å². The van der Waals surface area contributed by atoms with Crippen LogP contribution in [0.3, 0.4) is 0 Å². The summed E-state index contributed by atoms with van der Waals surface area (Å²) in [6, 6.07) is 17.0. The maximum Gasteiger partial charge on any atom is 0.349 e. The van der Waals surface area contributed by atoms with Crippen LogP contribution in [-0.4, -0.2) is 155 Å². The Labute approximate surface area is 724 Å². The lowest BCUT2D eigenvalue weighted by molar-refractivity contribution is -0.139. The summed E-state index contributed by atoms with van der Waals surface area (Å²) in [4.78, 5) is 26.8. The van der Waals surface area contributed by atoms with Crippen LogP contribution >= 0.6 is 77.4 Å². The average Bonchev–Trinajstić information content (AvgIpc) is 0.756. The molecule has 0 saturated heterocycles. The van der Waals surface area contributed by atoms with E-state index >= 15 is 0 Å². The van der Waals surface area contributed by atoms with Crippen molar-refractivity contribution in [3.05, 3.63) is 70.8 Å². The molecule has 25 nitrogen and oxygen atoms in total. The Balaban J connectivity index is 0.00000273. The van der Waals surface area contributed by atoms with Crippen LogP contribution in [-0.2, 0) is 85.7 Å². The lowest BCUT2D eigenvalue weighted by atomic mass is 9.87. The van der Waals surface area contributed by atoms with E-state index in [-0.39, 0.29) is 114 Å². The van der Waals surface area contributed by atoms with Crippen LogP contribution in [0, 0.1) is 0 Å². The van der Waals surface area contributed by atoms with Gasteiger partial charge in [-0.1, -0.05) is 130 Å². The number of nitrogens with one attached hydrogen (secondary N) is 4. The van der Waals surface area contributed by atoms with E-state index in [9.17, 15) is 27.8 Å². The molecule has 1 aliphatic heterocycles. The van der Waals surface area contributed by atoms with Crippen molar-refractivity contribution >= 4 is 89.4 Å². The Bertz CT molecular complexity index is 3470. The van der Waals surface area contributed by atoms with Crippen LogP contribution < -0.4 is 45.9 Å². The number of hydrogen-bond donors (Lipinski definition) is 7. The number of aliphatic carboxylic acids is 2. The van der Waals surface area contributed by atoms with Gasteiger partial charge >= 0.3 is 42.3 Å². The molecule has 0 amide bonds. The third kappa shape index (κ3) is 30.9. The predicted molar refractivity (Wildman–Crippen MR) is 482 cm³/mol. The molecular formula is C85H145N5O20P4S4. The van der Waals surface area contributed by atoms with E-state index < -0.39 is 69.5 Å². The SMILES string of the molecule is CCOP(=O)(OCC)C(C)(C)NCCCOc1c2cc(C(C)(C)C)cc1Sc1cc(C(C)(C)C)cc(c1OCCCNC(C)(C)P(=O)(OCC)OCC)Sc1cc(C(C)(C)C)cc(c1OCCCNC(C)(C)P(=O)(OCC)OCC)Sc1cc(C(C)(C)C)cc(c1OCCCNC(C)(C)P(=O)(OCC)OCC)S2.NC(CCC(=O)O)C(=O)O. The number of hydrogen-bond acceptors (Lipinski definition) is 27. The molecule has 1 atom stereocenters. The molecule has 0 aromatic heterocycles. The molecule has 1 aliphatic rings. The molecule has 4 aromatic carbocycles. The molecule has 118 heavy (non-hydrogen) atoms. The number of carbonyl (C=O) groups is 2. The smallest absolute Gasteiger partial charge is 0.349 e. The number of fused-ring (bicyclic) bond motifs is 8. The van der Waals surface area contributed by atoms with Gasteiger partial charge in [-0.2, -0.15) is 0 Å². The van der Waals surface area contributed by atoms with Crippen LogP contribution in [0.4, 0.5) is 0 Å². The quantitative estimate of drug-likeness (QED) is 0.0140. The van der Waals surface area contributed by atoms with Gasteiger partial charge in [0.25, 0.3) is 0 Å². The van der Waals surface area contributed by atoms with E-state index in [4.69, 9.17) is 71.1 Å². The lowest BCUT2D eigenvalue weighted by Gasteiger charge is -2.33. The Morgan fingerprint density at radius 3 is 0.644 bits per heavy atom. The van der Waals surface area contributed by atoms with E-state index in [0.29, 0.717) is 74.9 Å². The molecular weight excluding hydrogens is 1660 g/mol. The number of ether oxygens (including phenoxy) is 4. The Hall–Kier alpha value is -3.18. The third-order valence-electron chi connectivity index (χ3n) is 19.0. The van der Waals surface area contributed by atoms with Crippen LogP contribution in [0.15, 0.2) is 87.7 Å². The molecule has 4 aromatic rings. The molecule has 0 saturated carbocycles. The topological polar surface area (TPSA) is 328 Å². The van der Waals surface area contributed by atoms with Crippen molar-refractivity contribution in [2.45, 2.75) is 320 Å². The standard InChI is InChI=1S/C80H136N4O16P4S4.C5H9NO4/c1-29-93-101(85,94-30-2)77(21,22)81-41-37-45-89-69-61-49-57(73(9,10)11)50-62(69)106-64-52-59(75(15,16)17)54-66(71(64)91-47-39-43-83-79(25,26)103(87,97-33-5)98-34-6)108-68-56-60(76(18,19)20)55-67(72(68)92-48-40-44-84-80(27,28)104(88,99-35-7)100-36-8)107-65-53-58(74(12,13)14)51-63(105-61)70(65)90-46-38-42-82-78(23,24)102(86,95-31-3)96-32-4;6-3(5(9)10)1-2-4(7)8/h49-56,81-84H,29-48H2,1-28H3;3H,1-2,6H2,(H,7,8)(H,9,10). The summed E-state index contributed by atoms with van der Waals surface area (Å²) in [6.07, 6.45) is 1.90. The zero-order valence-electron chi connectivity index (χ0n) is 76.0. The van der Waals surface area contributed by atoms with Gasteiger partial charge in [-0.15, -0.1) is 0 Å². The Morgan fingerprint density at radius 2 is 0.508 bits per heavy atom. The van der Waals surface area contributed by atoms with Gasteiger partial charge in [-0.25, -0.2) is 0 Å². The highest BCUT2D eigenvalue weighted by atomic mass is 32.2. The minimum atomic E-state index is -3.57. The highest BCUT2D eigenvalue weighted by Crippen LogP contribution is 2.63. The van der Waals surface area contributed by atoms with E-state index in [1.165, 1.54) is 0 Å². The van der Waals surface area contributed by atoms with Gasteiger partial charge in [0.15, 0.2) is 0 Å². The number of benzene rings is 4. The molecule has 1 heterocycles. The first-order valence-corrected chi connectivity index (χ1v) is 50.9. The fourth-order valence-electron chi connectivity index (χ4n) is 11.8. The molecule has 0 fully saturated rings. The van der Waals surface area contributed by atoms with E-state index in [2.05, 4.69) is 153 Å². The van der Waals surface area contributed by atoms with Gasteiger partial charge in [0.05, 0.1) is 118 Å². The van der Waals surface area contributed by atoms with Gasteiger partial charge in [-0.3, -0.25) is 27.8 Å². The zero-order valence-corrected chi connectivity index (χ0v) is 82.8. The first-order chi connectivity index (χ1) is 54.7. The van der Waals surface area contributed by atoms with E-state index in [0.717, 1.165) is 61.4 Å². The second-order valence-corrected chi connectivity index (χ2v) is 49.4. The van der Waals surface area contributed by atoms with Crippen LogP contribution in [0.25, 0.3) is 0 Å². The number of carboxylic acids is 2. The summed E-state index contributed by atoms with van der Waals surface area (Å²) in [7, 11) is -14.3. The highest BCUT2D eigenvalue weighted by molar-refractivity contribution is 8.01. The van der Waals surface area contributed by atoms with Crippen molar-refractivity contribution in [2.24, 2.45) is 5.73 Å². The first-order valence-electron chi connectivity index (χ1n) is 41.4. The summed E-state index contributed by atoms with van der Waals surface area (Å²) in [5.41, 5.74) is 7.90. The van der Waals surface area contributed by atoms with Crippen molar-refractivity contribution in [2.75, 3.05) is 105 Å². The highest BCUT2D eigenvalue weighted by Gasteiger charge is 2.47. The minimum absolute atomic E-state index is 0.0231. The van der Waals surface area contributed by atoms with Crippen molar-refractivity contribution in [3.63, 3.8) is 0 Å². The summed E-state index contributed by atoms with van der Waals surface area (Å²) in [5, 5.41) is 26.3. The monoisotopic (exact) mass is 1810 g/mol. The molecule has 0 radical (unpaired) electrons. The minimum Gasteiger partial charge on any atom is -0.491 e. The van der Waals surface area contributed by atoms with Crippen molar-refractivity contribution in [1.82, 2.24) is 21.3 Å². The molecule has 674 valence electrons. The van der Waals surface area contributed by atoms with Crippen LogP contribution in [0.1, 0.15) is 255 Å². The van der Waals surface area contributed by atoms with Crippen molar-refractivity contribution in [1.29, 1.82) is 0 Å². The summed E-state index contributed by atoms with van der Waals surface area (Å²) < 4.78 is 133. The van der Waals surface area contributed by atoms with Crippen molar-refractivity contribution in [3.8, 4) is 23.0 Å². The molecule has 5 rings (SSSR count). The lowest BCUT2D eigenvalue weighted by Crippen LogP contribution is -2.41. The van der Waals surface area contributed by atoms with E-state index in [1.807, 2.05) is 111 Å². The van der Waals surface area contributed by atoms with Crippen LogP contribution in [0.2, 0.25) is 0 Å². The van der Waals surface area contributed by atoms with Crippen molar-refractivity contribution < 1.29 is 93.2 Å². The normalized spacial score (nSPS) is 14.0. The predicted octanol–water partition coefficient (Wildman–Crippen LogP) is 22.5. The fourth-order valence-corrected chi connectivity index (χ4v) is 23.4. The summed E-state index contributed by atoms with van der Waals surface area (Å²) >= 11 is 6.43. The fraction of sp³-hybridized carbons (Fsp3) is 0.694. The number of rotatable bonds is 48. The first kappa shape index (κ1) is 107. The van der Waals surface area contributed by atoms with Gasteiger partial charge in [-0.05, 0) is 262 Å². The maximum absolute atomic E-state index is 14.3. The van der Waals surface area contributed by atoms with Gasteiger partial charge in [0.2, 0.25) is 0 Å².